The zero-order chi connectivity index (χ0) is 15.4. The molecule has 0 radical (unpaired) electrons. The molecule has 0 fully saturated rings. The van der Waals surface area contributed by atoms with E-state index in [1.807, 2.05) is 5.43 Å². The first kappa shape index (κ1) is 24.7. The summed E-state index contributed by atoms with van der Waals surface area (Å²) in [7, 11) is 0. The van der Waals surface area contributed by atoms with Gasteiger partial charge in [-0.15, -0.1) is 5.43 Å². The minimum Gasteiger partial charge on any atom is -0.480 e. The van der Waals surface area contributed by atoms with Gasteiger partial charge in [0.15, 0.2) is 5.03 Å². The molecule has 0 bridgehead atoms. The van der Waals surface area contributed by atoms with Crippen molar-refractivity contribution in [3.05, 3.63) is 40.4 Å². The van der Waals surface area contributed by atoms with Gasteiger partial charge in [0, 0.05) is 0 Å². The molecule has 10 nitrogen and oxygen atoms in total. The number of hydrazine groups is 1. The minimum absolute atomic E-state index is 0. The summed E-state index contributed by atoms with van der Waals surface area (Å²) in [5.41, 5.74) is 12.9. The van der Waals surface area contributed by atoms with E-state index < -0.39 is 17.0 Å². The molecule has 1 rings (SSSR count). The molecule has 0 aliphatic carbocycles. The highest BCUT2D eigenvalue weighted by Crippen LogP contribution is 2.03. The third-order valence-electron chi connectivity index (χ3n) is 2.28. The lowest BCUT2D eigenvalue weighted by Gasteiger charge is -2.03. The molecule has 1 atom stereocenters. The van der Waals surface area contributed by atoms with Crippen molar-refractivity contribution < 1.29 is 25.9 Å². The van der Waals surface area contributed by atoms with Crippen LogP contribution in [0.25, 0.3) is 0 Å². The Morgan fingerprint density at radius 2 is 1.82 bits per heavy atom. The fourth-order valence-electron chi connectivity index (χ4n) is 1.25. The van der Waals surface area contributed by atoms with Crippen molar-refractivity contribution in [3.8, 4) is 0 Å². The van der Waals surface area contributed by atoms with Crippen molar-refractivity contribution in [3.63, 3.8) is 0 Å². The van der Waals surface area contributed by atoms with Gasteiger partial charge in [-0.25, -0.2) is 10.1 Å². The standard InChI is InChI=1S/C6H6N2O2.C6H14N2O2.2H2O/c9-8(10)7-6-4-2-1-3-5-6;7-4-2-1-3-5(8)6(9)10;;/h1-5,7H;5H,1-4,7-8H2,(H,9,10);2*1H2. The average Bonchev–Trinajstić information content (AvgIpc) is 2.40. The van der Waals surface area contributed by atoms with Gasteiger partial charge in [-0.1, -0.05) is 24.6 Å². The lowest BCUT2D eigenvalue weighted by molar-refractivity contribution is -0.445. The molecule has 0 aliphatic rings. The van der Waals surface area contributed by atoms with Crippen molar-refractivity contribution in [1.29, 1.82) is 0 Å². The normalized spacial score (nSPS) is 9.91. The highest BCUT2D eigenvalue weighted by Gasteiger charge is 2.09. The Kier molecular flexibility index (Phi) is 17.0. The average molecular weight is 320 g/mol. The third kappa shape index (κ3) is 14.1. The second kappa shape index (κ2) is 15.1. The van der Waals surface area contributed by atoms with Crippen molar-refractivity contribution >= 4 is 11.7 Å². The van der Waals surface area contributed by atoms with Crippen LogP contribution in [0.3, 0.4) is 0 Å². The van der Waals surface area contributed by atoms with E-state index in [1.54, 1.807) is 30.3 Å². The van der Waals surface area contributed by atoms with Crippen LogP contribution in [0.4, 0.5) is 5.69 Å². The number of nitrogens with two attached hydrogens (primary N) is 2. The van der Waals surface area contributed by atoms with Gasteiger partial charge in [0.25, 0.3) is 0 Å². The van der Waals surface area contributed by atoms with Crippen LogP contribution in [0, 0.1) is 10.1 Å². The number of para-hydroxylation sites is 1. The van der Waals surface area contributed by atoms with Gasteiger partial charge < -0.3 is 27.5 Å². The van der Waals surface area contributed by atoms with Crippen molar-refractivity contribution in [2.45, 2.75) is 25.3 Å². The van der Waals surface area contributed by atoms with Crippen LogP contribution in [-0.4, -0.2) is 39.6 Å². The fraction of sp³-hybridized carbons (Fsp3) is 0.417. The minimum atomic E-state index is -0.933. The van der Waals surface area contributed by atoms with Crippen LogP contribution >= 0.6 is 0 Å². The molecule has 0 spiro atoms. The van der Waals surface area contributed by atoms with Gasteiger partial charge in [0.1, 0.15) is 11.7 Å². The summed E-state index contributed by atoms with van der Waals surface area (Å²) >= 11 is 0. The van der Waals surface area contributed by atoms with Gasteiger partial charge in [-0.2, -0.15) is 0 Å². The lowest BCUT2D eigenvalue weighted by Crippen LogP contribution is -2.29. The highest BCUT2D eigenvalue weighted by molar-refractivity contribution is 5.72. The number of carboxylic acids is 1. The summed E-state index contributed by atoms with van der Waals surface area (Å²) in [5.74, 6) is -0.933. The Morgan fingerprint density at radius 1 is 1.27 bits per heavy atom. The number of aliphatic carboxylic acids is 1. The first-order valence-electron chi connectivity index (χ1n) is 6.12. The van der Waals surface area contributed by atoms with Crippen LogP contribution in [-0.2, 0) is 4.79 Å². The maximum atomic E-state index is 10.1. The molecule has 0 aromatic heterocycles. The summed E-state index contributed by atoms with van der Waals surface area (Å²) in [4.78, 5) is 20.0. The fourth-order valence-corrected chi connectivity index (χ4v) is 1.25. The number of nitro groups is 1. The van der Waals surface area contributed by atoms with E-state index in [-0.39, 0.29) is 11.0 Å². The van der Waals surface area contributed by atoms with E-state index in [2.05, 4.69) is 0 Å². The molecule has 0 heterocycles. The predicted octanol–water partition coefficient (Wildman–Crippen LogP) is -0.832. The first-order valence-corrected chi connectivity index (χ1v) is 6.12. The zero-order valence-electron chi connectivity index (χ0n) is 12.1. The van der Waals surface area contributed by atoms with E-state index in [9.17, 15) is 14.9 Å². The van der Waals surface area contributed by atoms with Gasteiger partial charge in [-0.05, 0) is 31.5 Å². The maximum absolute atomic E-state index is 10.1. The molecule has 22 heavy (non-hydrogen) atoms. The number of carboxylic acid groups (broad SMARTS) is 1. The van der Waals surface area contributed by atoms with Crippen LogP contribution in [0.1, 0.15) is 19.3 Å². The van der Waals surface area contributed by atoms with Gasteiger partial charge >= 0.3 is 5.97 Å². The smallest absolute Gasteiger partial charge is 0.320 e. The molecule has 1 unspecified atom stereocenters. The largest absolute Gasteiger partial charge is 0.480 e. The Morgan fingerprint density at radius 3 is 2.23 bits per heavy atom. The number of hydrogen-bond donors (Lipinski definition) is 4. The van der Waals surface area contributed by atoms with E-state index in [0.29, 0.717) is 18.7 Å². The molecule has 1 aromatic rings. The number of nitrogens with zero attached hydrogens (tertiary/aromatic N) is 1. The summed E-state index contributed by atoms with van der Waals surface area (Å²) in [6.07, 6.45) is 2.16. The van der Waals surface area contributed by atoms with Gasteiger partial charge in [0.2, 0.25) is 0 Å². The molecule has 128 valence electrons. The Labute approximate surface area is 127 Å². The first-order chi connectivity index (χ1) is 9.47. The quantitative estimate of drug-likeness (QED) is 0.284. The number of carbonyl (C=O) groups is 1. The zero-order valence-corrected chi connectivity index (χ0v) is 12.1. The van der Waals surface area contributed by atoms with Gasteiger partial charge in [-0.3, -0.25) is 4.79 Å². The predicted molar refractivity (Wildman–Crippen MR) is 82.8 cm³/mol. The van der Waals surface area contributed by atoms with Gasteiger partial charge in [0.05, 0.1) is 0 Å². The highest BCUT2D eigenvalue weighted by atomic mass is 16.7. The SMILES string of the molecule is NCCCCC(N)C(=O)O.O.O.O=[N+]([O-])Nc1ccccc1. The van der Waals surface area contributed by atoms with E-state index in [1.165, 1.54) is 0 Å². The van der Waals surface area contributed by atoms with Crippen molar-refractivity contribution in [1.82, 2.24) is 0 Å². The molecular weight excluding hydrogens is 296 g/mol. The second-order valence-corrected chi connectivity index (χ2v) is 3.96. The molecule has 0 aliphatic heterocycles. The number of hydrogen-bond acceptors (Lipinski definition) is 5. The second-order valence-electron chi connectivity index (χ2n) is 3.96. The molecule has 10 heteroatoms. The maximum Gasteiger partial charge on any atom is 0.320 e. The third-order valence-corrected chi connectivity index (χ3v) is 2.28. The number of benzene rings is 1. The Hall–Kier alpha value is -2.27. The lowest BCUT2D eigenvalue weighted by atomic mass is 10.1. The van der Waals surface area contributed by atoms with Crippen molar-refractivity contribution in [2.75, 3.05) is 12.0 Å². The van der Waals surface area contributed by atoms with Crippen LogP contribution in [0.15, 0.2) is 30.3 Å². The van der Waals surface area contributed by atoms with E-state index in [4.69, 9.17) is 16.6 Å². The number of unbranched alkanes of at least 4 members (excludes halogenated alkanes) is 1. The molecule has 0 amide bonds. The molecule has 0 saturated heterocycles. The molecule has 1 aromatic carbocycles. The Bertz CT molecular complexity index is 404. The monoisotopic (exact) mass is 320 g/mol. The summed E-state index contributed by atoms with van der Waals surface area (Å²) in [6.45, 7) is 0.604. The van der Waals surface area contributed by atoms with Crippen LogP contribution < -0.4 is 16.9 Å². The molecule has 10 N–H and O–H groups in total. The van der Waals surface area contributed by atoms with E-state index >= 15 is 0 Å². The molecular formula is C12H24N4O6. The van der Waals surface area contributed by atoms with E-state index in [0.717, 1.165) is 12.8 Å². The van der Waals surface area contributed by atoms with Crippen LogP contribution in [0.5, 0.6) is 0 Å². The summed E-state index contributed by atoms with van der Waals surface area (Å²) in [5, 5.41) is 17.6. The Balaban J connectivity index is -0.000000301. The summed E-state index contributed by atoms with van der Waals surface area (Å²) in [6, 6.07) is 7.79. The number of anilines is 1. The summed E-state index contributed by atoms with van der Waals surface area (Å²) < 4.78 is 0. The number of rotatable bonds is 7. The van der Waals surface area contributed by atoms with Crippen LogP contribution in [0.2, 0.25) is 0 Å². The molecule has 0 saturated carbocycles. The van der Waals surface area contributed by atoms with Crippen molar-refractivity contribution in [2.24, 2.45) is 11.5 Å². The topological polar surface area (TPSA) is 208 Å². The number of nitrogens with one attached hydrogen (secondary N) is 1.